The van der Waals surface area contributed by atoms with Crippen molar-refractivity contribution in [2.75, 3.05) is 11.3 Å². The number of hydrogen-bond acceptors (Lipinski definition) is 6. The average molecular weight is 428 g/mol. The number of aromatic nitrogens is 2. The third-order valence-corrected chi connectivity index (χ3v) is 5.44. The van der Waals surface area contributed by atoms with Crippen LogP contribution in [0.2, 0.25) is 0 Å². The molecule has 0 saturated carbocycles. The molecule has 7 nitrogen and oxygen atoms in total. The van der Waals surface area contributed by atoms with Crippen molar-refractivity contribution in [1.29, 1.82) is 0 Å². The number of sulfonamides is 1. The predicted molar refractivity (Wildman–Crippen MR) is 115 cm³/mol. The van der Waals surface area contributed by atoms with E-state index >= 15 is 0 Å². The highest BCUT2D eigenvalue weighted by atomic mass is 32.2. The van der Waals surface area contributed by atoms with Crippen LogP contribution in [-0.4, -0.2) is 25.0 Å². The monoisotopic (exact) mass is 427 g/mol. The van der Waals surface area contributed by atoms with Gasteiger partial charge in [-0.05, 0) is 42.7 Å². The summed E-state index contributed by atoms with van der Waals surface area (Å²) in [5.41, 5.74) is 1.84. The zero-order chi connectivity index (χ0) is 21.6. The molecule has 0 aliphatic carbocycles. The van der Waals surface area contributed by atoms with E-state index in [-0.39, 0.29) is 23.2 Å². The SMILES string of the molecule is Cc1ccc(S(=O)(=O)Nc2nccnc2OCc2cccc(OCC(C)C)c2)cc1. The molecule has 0 aliphatic rings. The Balaban J connectivity index is 1.71. The lowest BCUT2D eigenvalue weighted by Crippen LogP contribution is -2.15. The van der Waals surface area contributed by atoms with Crippen molar-refractivity contribution >= 4 is 15.8 Å². The van der Waals surface area contributed by atoms with Gasteiger partial charge in [-0.2, -0.15) is 0 Å². The molecule has 8 heteroatoms. The van der Waals surface area contributed by atoms with Gasteiger partial charge >= 0.3 is 0 Å². The highest BCUT2D eigenvalue weighted by molar-refractivity contribution is 7.92. The molecule has 0 atom stereocenters. The van der Waals surface area contributed by atoms with E-state index < -0.39 is 10.0 Å². The average Bonchev–Trinajstić information content (AvgIpc) is 2.72. The van der Waals surface area contributed by atoms with Crippen LogP contribution in [-0.2, 0) is 16.6 Å². The fourth-order valence-electron chi connectivity index (χ4n) is 2.54. The Morgan fingerprint density at radius 3 is 2.47 bits per heavy atom. The fourth-order valence-corrected chi connectivity index (χ4v) is 3.55. The van der Waals surface area contributed by atoms with Gasteiger partial charge in [0.05, 0.1) is 11.5 Å². The molecular formula is C22H25N3O4S. The minimum Gasteiger partial charge on any atom is -0.493 e. The van der Waals surface area contributed by atoms with E-state index in [9.17, 15) is 8.42 Å². The molecular weight excluding hydrogens is 402 g/mol. The first-order valence-corrected chi connectivity index (χ1v) is 11.1. The lowest BCUT2D eigenvalue weighted by Gasteiger charge is -2.13. The van der Waals surface area contributed by atoms with Crippen LogP contribution in [0.25, 0.3) is 0 Å². The normalized spacial score (nSPS) is 11.3. The van der Waals surface area contributed by atoms with E-state index in [2.05, 4.69) is 28.5 Å². The van der Waals surface area contributed by atoms with Gasteiger partial charge in [-0.25, -0.2) is 18.4 Å². The van der Waals surface area contributed by atoms with Gasteiger partial charge < -0.3 is 9.47 Å². The summed E-state index contributed by atoms with van der Waals surface area (Å²) in [5, 5.41) is 0. The summed E-state index contributed by atoms with van der Waals surface area (Å²) in [6, 6.07) is 14.1. The largest absolute Gasteiger partial charge is 0.493 e. The predicted octanol–water partition coefficient (Wildman–Crippen LogP) is 4.20. The highest BCUT2D eigenvalue weighted by Gasteiger charge is 2.18. The highest BCUT2D eigenvalue weighted by Crippen LogP contribution is 2.23. The van der Waals surface area contributed by atoms with Crippen LogP contribution in [0.3, 0.4) is 0 Å². The maximum Gasteiger partial charge on any atom is 0.263 e. The molecule has 0 amide bonds. The van der Waals surface area contributed by atoms with Crippen molar-refractivity contribution in [3.8, 4) is 11.6 Å². The van der Waals surface area contributed by atoms with Gasteiger partial charge in [0.25, 0.3) is 15.9 Å². The van der Waals surface area contributed by atoms with Crippen molar-refractivity contribution < 1.29 is 17.9 Å². The maximum atomic E-state index is 12.7. The van der Waals surface area contributed by atoms with E-state index in [1.807, 2.05) is 31.2 Å². The third-order valence-electron chi connectivity index (χ3n) is 4.08. The summed E-state index contributed by atoms with van der Waals surface area (Å²) in [7, 11) is -3.81. The van der Waals surface area contributed by atoms with Gasteiger partial charge in [0, 0.05) is 12.4 Å². The van der Waals surface area contributed by atoms with Crippen molar-refractivity contribution in [3.05, 3.63) is 72.1 Å². The second-order valence-electron chi connectivity index (χ2n) is 7.27. The molecule has 0 unspecified atom stereocenters. The number of rotatable bonds is 9. The van der Waals surface area contributed by atoms with Crippen molar-refractivity contribution in [2.45, 2.75) is 32.3 Å². The smallest absolute Gasteiger partial charge is 0.263 e. The number of hydrogen-bond donors (Lipinski definition) is 1. The van der Waals surface area contributed by atoms with E-state index in [0.717, 1.165) is 16.9 Å². The quantitative estimate of drug-likeness (QED) is 0.550. The molecule has 30 heavy (non-hydrogen) atoms. The standard InChI is InChI=1S/C22H25N3O4S/c1-16(2)14-28-19-6-4-5-18(13-19)15-29-22-21(23-11-12-24-22)25-30(26,27)20-9-7-17(3)8-10-20/h4-13,16H,14-15H2,1-3H3,(H,23,25). The number of ether oxygens (including phenoxy) is 2. The van der Waals surface area contributed by atoms with Gasteiger partial charge in [0.2, 0.25) is 5.82 Å². The first kappa shape index (κ1) is 21.6. The molecule has 2 aromatic carbocycles. The topological polar surface area (TPSA) is 90.4 Å². The van der Waals surface area contributed by atoms with Crippen LogP contribution in [0.1, 0.15) is 25.0 Å². The lowest BCUT2D eigenvalue weighted by atomic mass is 10.2. The summed E-state index contributed by atoms with van der Waals surface area (Å²) < 4.78 is 39.3. The summed E-state index contributed by atoms with van der Waals surface area (Å²) in [4.78, 5) is 8.35. The minimum atomic E-state index is -3.81. The molecule has 0 saturated heterocycles. The van der Waals surface area contributed by atoms with Gasteiger partial charge in [-0.1, -0.05) is 43.7 Å². The summed E-state index contributed by atoms with van der Waals surface area (Å²) in [6.07, 6.45) is 2.85. The Bertz CT molecular complexity index is 1080. The van der Waals surface area contributed by atoms with Crippen molar-refractivity contribution in [3.63, 3.8) is 0 Å². The number of benzene rings is 2. The molecule has 0 bridgehead atoms. The third kappa shape index (κ3) is 5.93. The van der Waals surface area contributed by atoms with Crippen LogP contribution in [0.5, 0.6) is 11.6 Å². The summed E-state index contributed by atoms with van der Waals surface area (Å²) >= 11 is 0. The van der Waals surface area contributed by atoms with Gasteiger partial charge in [0.1, 0.15) is 12.4 Å². The van der Waals surface area contributed by atoms with Crippen molar-refractivity contribution in [2.24, 2.45) is 5.92 Å². The molecule has 3 rings (SSSR count). The first-order chi connectivity index (χ1) is 14.3. The van der Waals surface area contributed by atoms with Gasteiger partial charge in [-0.15, -0.1) is 0 Å². The number of nitrogens with zero attached hydrogens (tertiary/aromatic N) is 2. The molecule has 0 aliphatic heterocycles. The molecule has 0 radical (unpaired) electrons. The Labute approximate surface area is 177 Å². The number of anilines is 1. The second kappa shape index (κ2) is 9.58. The Kier molecular flexibility index (Phi) is 6.89. The Morgan fingerprint density at radius 1 is 1.00 bits per heavy atom. The van der Waals surface area contributed by atoms with Crippen LogP contribution in [0.15, 0.2) is 65.8 Å². The fraction of sp³-hybridized carbons (Fsp3) is 0.273. The molecule has 1 aromatic heterocycles. The molecule has 3 aromatic rings. The van der Waals surface area contributed by atoms with E-state index in [1.165, 1.54) is 24.5 Å². The zero-order valence-electron chi connectivity index (χ0n) is 17.2. The molecule has 1 N–H and O–H groups in total. The second-order valence-corrected chi connectivity index (χ2v) is 8.95. The van der Waals surface area contributed by atoms with Crippen LogP contribution in [0, 0.1) is 12.8 Å². The van der Waals surface area contributed by atoms with Crippen LogP contribution >= 0.6 is 0 Å². The zero-order valence-corrected chi connectivity index (χ0v) is 18.0. The first-order valence-electron chi connectivity index (χ1n) is 9.58. The Morgan fingerprint density at radius 2 is 1.73 bits per heavy atom. The van der Waals surface area contributed by atoms with E-state index in [0.29, 0.717) is 12.5 Å². The Hall–Kier alpha value is -3.13. The molecule has 0 spiro atoms. The molecule has 0 fully saturated rings. The summed E-state index contributed by atoms with van der Waals surface area (Å²) in [6.45, 7) is 6.87. The van der Waals surface area contributed by atoms with Gasteiger partial charge in [-0.3, -0.25) is 4.72 Å². The van der Waals surface area contributed by atoms with Gasteiger partial charge in [0.15, 0.2) is 0 Å². The molecule has 158 valence electrons. The maximum absolute atomic E-state index is 12.7. The van der Waals surface area contributed by atoms with Crippen LogP contribution in [0.4, 0.5) is 5.82 Å². The number of aryl methyl sites for hydroxylation is 1. The van der Waals surface area contributed by atoms with Crippen LogP contribution < -0.4 is 14.2 Å². The van der Waals surface area contributed by atoms with E-state index in [4.69, 9.17) is 9.47 Å². The lowest BCUT2D eigenvalue weighted by molar-refractivity contribution is 0.268. The minimum absolute atomic E-state index is 0.0327. The number of nitrogens with one attached hydrogen (secondary N) is 1. The summed E-state index contributed by atoms with van der Waals surface area (Å²) in [5.74, 6) is 1.31. The van der Waals surface area contributed by atoms with E-state index in [1.54, 1.807) is 12.1 Å². The molecule has 1 heterocycles. The van der Waals surface area contributed by atoms with Crippen molar-refractivity contribution in [1.82, 2.24) is 9.97 Å².